The zero-order valence-electron chi connectivity index (χ0n) is 22.9. The Morgan fingerprint density at radius 1 is 0.698 bits per heavy atom. The van der Waals surface area contributed by atoms with E-state index in [4.69, 9.17) is 9.47 Å². The summed E-state index contributed by atoms with van der Waals surface area (Å²) in [5.74, 6) is -0.358. The zero-order valence-corrected chi connectivity index (χ0v) is 24.5. The molecule has 0 atom stereocenters. The Labute approximate surface area is 245 Å². The predicted molar refractivity (Wildman–Crippen MR) is 148 cm³/mol. The van der Waals surface area contributed by atoms with E-state index >= 15 is 0 Å². The normalized spacial score (nSPS) is 13.9. The molecule has 0 radical (unpaired) electrons. The highest BCUT2D eigenvalue weighted by Gasteiger charge is 2.39. The van der Waals surface area contributed by atoms with Gasteiger partial charge in [-0.25, -0.2) is 0 Å². The maximum absolute atomic E-state index is 13.4. The maximum Gasteiger partial charge on any atom is 0.437 e. The highest BCUT2D eigenvalue weighted by molar-refractivity contribution is 8.20. The highest BCUT2D eigenvalue weighted by Crippen LogP contribution is 2.41. The first kappa shape index (κ1) is 36.0. The number of rotatable bonds is 16. The first-order valence-electron chi connectivity index (χ1n) is 12.6. The van der Waals surface area contributed by atoms with Crippen molar-refractivity contribution in [3.63, 3.8) is 0 Å². The summed E-state index contributed by atoms with van der Waals surface area (Å²) in [7, 11) is -8.02. The Morgan fingerprint density at radius 2 is 1.09 bits per heavy atom. The van der Waals surface area contributed by atoms with Gasteiger partial charge in [-0.1, -0.05) is 24.2 Å². The molecule has 18 heteroatoms. The topological polar surface area (TPSA) is 136 Å². The lowest BCUT2D eigenvalue weighted by molar-refractivity contribution is -0.0607. The third kappa shape index (κ3) is 12.5. The van der Waals surface area contributed by atoms with E-state index in [-0.39, 0.29) is 43.3 Å². The Morgan fingerprint density at radius 3 is 1.47 bits per heavy atom. The second kappa shape index (κ2) is 15.5. The average Bonchev–Trinajstić information content (AvgIpc) is 2.88. The van der Waals surface area contributed by atoms with Gasteiger partial charge in [-0.15, -0.1) is 0 Å². The zero-order chi connectivity index (χ0) is 32.3. The minimum Gasteiger partial charge on any atom is -0.493 e. The highest BCUT2D eigenvalue weighted by atomic mass is 32.3. The molecule has 10 nitrogen and oxygen atoms in total. The first-order valence-corrected chi connectivity index (χ1v) is 15.8. The van der Waals surface area contributed by atoms with Gasteiger partial charge in [-0.3, -0.25) is 17.7 Å². The molecular formula is C25H30F6N2O8S2. The molecule has 0 spiro atoms. The van der Waals surface area contributed by atoms with Crippen molar-refractivity contribution in [1.82, 2.24) is 0 Å². The smallest absolute Gasteiger partial charge is 0.437 e. The standard InChI is InChI=1S/C25H30F6N2O8S2/c1-3-16-42(34,35)40-32-22(24(26,27)28)18-6-10-20(11-7-18)38-14-5-15-39-21-12-8-19(9-13-21)23(25(29,30)31)33-41-43(36,37)17-4-2/h6-13,34-35H,3-5,14-17H2,1-2H3/b32-22-,33-23-. The second-order valence-electron chi connectivity index (χ2n) is 8.70. The molecule has 2 aromatic carbocycles. The van der Waals surface area contributed by atoms with Gasteiger partial charge in [-0.2, -0.15) is 34.8 Å². The van der Waals surface area contributed by atoms with E-state index in [0.29, 0.717) is 6.42 Å². The lowest BCUT2D eigenvalue weighted by Gasteiger charge is -2.23. The van der Waals surface area contributed by atoms with Crippen LogP contribution >= 0.6 is 10.9 Å². The van der Waals surface area contributed by atoms with Crippen LogP contribution in [0.15, 0.2) is 58.8 Å². The van der Waals surface area contributed by atoms with Gasteiger partial charge in [0.2, 0.25) is 0 Å². The van der Waals surface area contributed by atoms with Crippen molar-refractivity contribution < 1.29 is 61.9 Å². The summed E-state index contributed by atoms with van der Waals surface area (Å²) in [6.07, 6.45) is -9.25. The second-order valence-corrected chi connectivity index (χ2v) is 12.1. The van der Waals surface area contributed by atoms with Crippen LogP contribution in [0.2, 0.25) is 0 Å². The van der Waals surface area contributed by atoms with Crippen molar-refractivity contribution in [2.45, 2.75) is 45.5 Å². The van der Waals surface area contributed by atoms with E-state index in [0.717, 1.165) is 24.3 Å². The monoisotopic (exact) mass is 664 g/mol. The number of hydrogen-bond donors (Lipinski definition) is 2. The molecule has 0 heterocycles. The van der Waals surface area contributed by atoms with E-state index in [9.17, 15) is 43.9 Å². The van der Waals surface area contributed by atoms with Crippen molar-refractivity contribution in [1.29, 1.82) is 0 Å². The third-order valence-electron chi connectivity index (χ3n) is 5.03. The van der Waals surface area contributed by atoms with Crippen LogP contribution in [0.3, 0.4) is 0 Å². The fourth-order valence-corrected chi connectivity index (χ4v) is 4.74. The Kier molecular flexibility index (Phi) is 13.0. The Hall–Kier alpha value is -3.22. The fraction of sp³-hybridized carbons (Fsp3) is 0.440. The molecule has 2 rings (SSSR count). The van der Waals surface area contributed by atoms with Gasteiger partial charge >= 0.3 is 22.5 Å². The van der Waals surface area contributed by atoms with Gasteiger partial charge in [0.25, 0.3) is 0 Å². The average molecular weight is 665 g/mol. The van der Waals surface area contributed by atoms with Gasteiger partial charge in [-0.05, 0) is 61.4 Å². The molecule has 2 N–H and O–H groups in total. The summed E-state index contributed by atoms with van der Waals surface area (Å²) in [5.41, 5.74) is -3.84. The van der Waals surface area contributed by atoms with Crippen LogP contribution in [0.1, 0.15) is 44.2 Å². The molecule has 242 valence electrons. The van der Waals surface area contributed by atoms with Gasteiger partial charge in [0.15, 0.2) is 22.3 Å². The lowest BCUT2D eigenvalue weighted by atomic mass is 10.1. The van der Waals surface area contributed by atoms with Gasteiger partial charge in [0.1, 0.15) is 11.5 Å². The molecule has 0 aliphatic rings. The van der Waals surface area contributed by atoms with Crippen molar-refractivity contribution in [2.75, 3.05) is 24.7 Å². The summed E-state index contributed by atoms with van der Waals surface area (Å²) in [5, 5.41) is 5.74. The number of halogens is 6. The molecule has 0 bridgehead atoms. The van der Waals surface area contributed by atoms with Crippen molar-refractivity contribution in [2.24, 2.45) is 10.3 Å². The third-order valence-corrected chi connectivity index (χ3v) is 7.50. The van der Waals surface area contributed by atoms with Crippen LogP contribution in [0.4, 0.5) is 26.3 Å². The van der Waals surface area contributed by atoms with E-state index in [1.165, 1.54) is 31.2 Å². The van der Waals surface area contributed by atoms with E-state index in [1.807, 2.05) is 0 Å². The van der Waals surface area contributed by atoms with Crippen LogP contribution in [-0.2, 0) is 18.7 Å². The lowest BCUT2D eigenvalue weighted by Crippen LogP contribution is -2.25. The number of benzene rings is 2. The first-order chi connectivity index (χ1) is 20.0. The molecule has 43 heavy (non-hydrogen) atoms. The quantitative estimate of drug-likeness (QED) is 0.0855. The molecular weight excluding hydrogens is 634 g/mol. The summed E-state index contributed by atoms with van der Waals surface area (Å²) >= 11 is 0. The van der Waals surface area contributed by atoms with E-state index < -0.39 is 61.6 Å². The molecule has 0 aliphatic heterocycles. The van der Waals surface area contributed by atoms with Crippen molar-refractivity contribution >= 4 is 32.4 Å². The number of hydrogen-bond acceptors (Lipinski definition) is 10. The molecule has 0 fully saturated rings. The van der Waals surface area contributed by atoms with Gasteiger partial charge < -0.3 is 9.47 Å². The van der Waals surface area contributed by atoms with Crippen molar-refractivity contribution in [3.05, 3.63) is 59.7 Å². The van der Waals surface area contributed by atoms with E-state index in [2.05, 4.69) is 18.9 Å². The minimum absolute atomic E-state index is 0.0718. The van der Waals surface area contributed by atoms with Crippen LogP contribution in [0.5, 0.6) is 11.5 Å². The molecule has 0 saturated carbocycles. The predicted octanol–water partition coefficient (Wildman–Crippen LogP) is 6.92. The van der Waals surface area contributed by atoms with E-state index in [1.54, 1.807) is 6.92 Å². The number of oxime groups is 2. The van der Waals surface area contributed by atoms with Crippen LogP contribution < -0.4 is 9.47 Å². The fourth-order valence-electron chi connectivity index (χ4n) is 3.17. The number of ether oxygens (including phenoxy) is 2. The molecule has 0 unspecified atom stereocenters. The summed E-state index contributed by atoms with van der Waals surface area (Å²) < 4.78 is 142. The summed E-state index contributed by atoms with van der Waals surface area (Å²) in [6, 6.07) is 9.14. The van der Waals surface area contributed by atoms with Crippen LogP contribution in [-0.4, -0.2) is 66.0 Å². The molecule has 0 saturated heterocycles. The Bertz CT molecular complexity index is 1330. The Balaban J connectivity index is 1.92. The van der Waals surface area contributed by atoms with Crippen LogP contribution in [0.25, 0.3) is 0 Å². The minimum atomic E-state index is -4.99. The molecule has 2 aromatic rings. The molecule has 0 aliphatic carbocycles. The molecule has 0 amide bonds. The number of nitrogens with zero attached hydrogens (tertiary/aromatic N) is 2. The largest absolute Gasteiger partial charge is 0.493 e. The summed E-state index contributed by atoms with van der Waals surface area (Å²) in [6.45, 7) is 3.25. The number of alkyl halides is 6. The maximum atomic E-state index is 13.4. The summed E-state index contributed by atoms with van der Waals surface area (Å²) in [4.78, 5) is 0. The van der Waals surface area contributed by atoms with Gasteiger partial charge in [0, 0.05) is 17.5 Å². The van der Waals surface area contributed by atoms with Crippen LogP contribution in [0, 0.1) is 0 Å². The van der Waals surface area contributed by atoms with Gasteiger partial charge in [0.05, 0.1) is 24.7 Å². The molecule has 0 aromatic heterocycles. The van der Waals surface area contributed by atoms with Crippen molar-refractivity contribution in [3.8, 4) is 11.5 Å². The SMILES string of the molecule is CCCS(O)(O)O/N=C(/c1ccc(OCCCOc2ccc(/C(=N/OS(=O)(=O)CCC)C(F)(F)F)cc2)cc1)C(F)(F)F.